The van der Waals surface area contributed by atoms with Crippen LogP contribution < -0.4 is 4.74 Å². The minimum absolute atomic E-state index is 0.0528. The first kappa shape index (κ1) is 15.9. The number of halogens is 1. The van der Waals surface area contributed by atoms with Crippen LogP contribution in [-0.2, 0) is 9.84 Å². The number of Topliss-reactive ketones (excluding diaryl/α,β-unsaturated/α-hetero) is 1. The predicted octanol–water partition coefficient (Wildman–Crippen LogP) is 1.14. The number of hydrogen-bond donors (Lipinski definition) is 0. The van der Waals surface area contributed by atoms with E-state index in [-0.39, 0.29) is 41.2 Å². The van der Waals surface area contributed by atoms with Crippen LogP contribution in [0.25, 0.3) is 0 Å². The van der Waals surface area contributed by atoms with Crippen LogP contribution in [-0.4, -0.2) is 56.8 Å². The largest absolute Gasteiger partial charge is 0.494 e. The van der Waals surface area contributed by atoms with Gasteiger partial charge in [-0.1, -0.05) is 0 Å². The molecule has 1 atom stereocenters. The highest BCUT2D eigenvalue weighted by Crippen LogP contribution is 2.19. The van der Waals surface area contributed by atoms with Gasteiger partial charge in [0.25, 0.3) is 0 Å². The molecule has 2 rings (SSSR count). The van der Waals surface area contributed by atoms with E-state index in [2.05, 4.69) is 0 Å². The van der Waals surface area contributed by atoms with Crippen molar-refractivity contribution in [1.82, 2.24) is 4.90 Å². The summed E-state index contributed by atoms with van der Waals surface area (Å²) in [4.78, 5) is 14.0. The van der Waals surface area contributed by atoms with Crippen molar-refractivity contribution >= 4 is 15.6 Å². The highest BCUT2D eigenvalue weighted by atomic mass is 32.2. The summed E-state index contributed by atoms with van der Waals surface area (Å²) < 4.78 is 41.4. The first-order valence-electron chi connectivity index (χ1n) is 6.63. The van der Waals surface area contributed by atoms with Crippen molar-refractivity contribution in [3.05, 3.63) is 29.6 Å². The summed E-state index contributed by atoms with van der Waals surface area (Å²) in [6.45, 7) is 2.19. The Morgan fingerprint density at radius 2 is 2.19 bits per heavy atom. The number of ether oxygens (including phenoxy) is 1. The van der Waals surface area contributed by atoms with Crippen LogP contribution in [0.2, 0.25) is 0 Å². The highest BCUT2D eigenvalue weighted by Gasteiger charge is 2.29. The molecule has 1 aromatic rings. The summed E-state index contributed by atoms with van der Waals surface area (Å²) in [5.74, 6) is -0.622. The molecule has 0 N–H and O–H groups in total. The molecule has 0 spiro atoms. The quantitative estimate of drug-likeness (QED) is 0.780. The molecule has 0 amide bonds. The number of nitrogens with zero attached hydrogens (tertiary/aromatic N) is 1. The van der Waals surface area contributed by atoms with Gasteiger partial charge in [-0.15, -0.1) is 0 Å². The van der Waals surface area contributed by atoms with Gasteiger partial charge in [0.2, 0.25) is 0 Å². The van der Waals surface area contributed by atoms with E-state index in [9.17, 15) is 17.6 Å². The second-order valence-corrected chi connectivity index (χ2v) is 7.44. The van der Waals surface area contributed by atoms with Gasteiger partial charge in [0.15, 0.2) is 27.2 Å². The molecule has 1 aliphatic heterocycles. The van der Waals surface area contributed by atoms with E-state index < -0.39 is 15.7 Å². The fraction of sp³-hybridized carbons (Fsp3) is 0.500. The molecule has 1 saturated heterocycles. The molecule has 0 aromatic heterocycles. The lowest BCUT2D eigenvalue weighted by atomic mass is 10.1. The number of methoxy groups -OCH3 is 1. The third-order valence-corrected chi connectivity index (χ3v) is 5.42. The zero-order valence-corrected chi connectivity index (χ0v) is 12.8. The van der Waals surface area contributed by atoms with E-state index >= 15 is 0 Å². The van der Waals surface area contributed by atoms with Crippen LogP contribution in [0.3, 0.4) is 0 Å². The molecule has 1 fully saturated rings. The third kappa shape index (κ3) is 3.79. The lowest BCUT2D eigenvalue weighted by Crippen LogP contribution is -2.48. The SMILES string of the molecule is COc1ccc(C(=O)CN2CCS(=O)(=O)CC2C)cc1F. The Labute approximate surface area is 123 Å². The van der Waals surface area contributed by atoms with Gasteiger partial charge in [-0.3, -0.25) is 9.69 Å². The van der Waals surface area contributed by atoms with E-state index in [4.69, 9.17) is 4.74 Å². The van der Waals surface area contributed by atoms with Crippen LogP contribution in [0, 0.1) is 5.82 Å². The van der Waals surface area contributed by atoms with Crippen LogP contribution in [0.4, 0.5) is 4.39 Å². The number of carbonyl (C=O) groups excluding carboxylic acids is 1. The Bertz CT molecular complexity index is 644. The number of sulfone groups is 1. The normalized spacial score (nSPS) is 22.0. The number of carbonyl (C=O) groups is 1. The average molecular weight is 315 g/mol. The molecule has 0 aliphatic carbocycles. The topological polar surface area (TPSA) is 63.7 Å². The zero-order chi connectivity index (χ0) is 15.6. The van der Waals surface area contributed by atoms with Gasteiger partial charge in [-0.25, -0.2) is 12.8 Å². The van der Waals surface area contributed by atoms with Gasteiger partial charge in [0, 0.05) is 18.2 Å². The molecular formula is C14H18FNO4S. The number of benzene rings is 1. The number of ketones is 1. The first-order chi connectivity index (χ1) is 9.82. The molecule has 0 bridgehead atoms. The standard InChI is InChI=1S/C14H18FNO4S/c1-10-9-21(18,19)6-5-16(10)8-13(17)11-3-4-14(20-2)12(15)7-11/h3-4,7,10H,5-6,8-9H2,1-2H3. The van der Waals surface area contributed by atoms with Crippen molar-refractivity contribution in [3.63, 3.8) is 0 Å². The first-order valence-corrected chi connectivity index (χ1v) is 8.46. The Morgan fingerprint density at radius 1 is 1.48 bits per heavy atom. The van der Waals surface area contributed by atoms with Gasteiger partial charge in [0.05, 0.1) is 25.2 Å². The molecule has 1 aliphatic rings. The van der Waals surface area contributed by atoms with Crippen LogP contribution >= 0.6 is 0 Å². The molecule has 0 saturated carbocycles. The smallest absolute Gasteiger partial charge is 0.176 e. The van der Waals surface area contributed by atoms with E-state index in [1.165, 1.54) is 19.2 Å². The van der Waals surface area contributed by atoms with Crippen molar-refractivity contribution in [2.45, 2.75) is 13.0 Å². The minimum atomic E-state index is -3.01. The van der Waals surface area contributed by atoms with Gasteiger partial charge >= 0.3 is 0 Å². The lowest BCUT2D eigenvalue weighted by Gasteiger charge is -2.32. The molecule has 116 valence electrons. The Kier molecular flexibility index (Phi) is 4.63. The second kappa shape index (κ2) is 6.11. The van der Waals surface area contributed by atoms with Crippen molar-refractivity contribution < 1.29 is 22.3 Å². The monoisotopic (exact) mass is 315 g/mol. The molecule has 1 aromatic carbocycles. The summed E-state index contributed by atoms with van der Waals surface area (Å²) in [5.41, 5.74) is 0.258. The Balaban J connectivity index is 2.06. The fourth-order valence-corrected chi connectivity index (χ4v) is 4.01. The highest BCUT2D eigenvalue weighted by molar-refractivity contribution is 7.91. The third-order valence-electron chi connectivity index (χ3n) is 3.63. The van der Waals surface area contributed by atoms with E-state index in [0.29, 0.717) is 6.54 Å². The van der Waals surface area contributed by atoms with E-state index in [0.717, 1.165) is 6.07 Å². The molecule has 21 heavy (non-hydrogen) atoms. The molecule has 5 nitrogen and oxygen atoms in total. The van der Waals surface area contributed by atoms with Gasteiger partial charge in [-0.2, -0.15) is 0 Å². The van der Waals surface area contributed by atoms with E-state index in [1.807, 2.05) is 4.90 Å². The van der Waals surface area contributed by atoms with Crippen LogP contribution in [0.15, 0.2) is 18.2 Å². The maximum Gasteiger partial charge on any atom is 0.176 e. The maximum absolute atomic E-state index is 13.6. The van der Waals surface area contributed by atoms with Gasteiger partial charge in [-0.05, 0) is 25.1 Å². The van der Waals surface area contributed by atoms with Crippen molar-refractivity contribution in [3.8, 4) is 5.75 Å². The Hall–Kier alpha value is -1.47. The fourth-order valence-electron chi connectivity index (χ4n) is 2.38. The molecular weight excluding hydrogens is 297 g/mol. The van der Waals surface area contributed by atoms with Gasteiger partial charge in [0.1, 0.15) is 0 Å². The average Bonchev–Trinajstić information content (AvgIpc) is 2.41. The minimum Gasteiger partial charge on any atom is -0.494 e. The summed E-state index contributed by atoms with van der Waals surface area (Å²) in [5, 5.41) is 0. The zero-order valence-electron chi connectivity index (χ0n) is 12.0. The second-order valence-electron chi connectivity index (χ2n) is 5.21. The maximum atomic E-state index is 13.6. The molecule has 1 unspecified atom stereocenters. The summed E-state index contributed by atoms with van der Waals surface area (Å²) >= 11 is 0. The molecule has 0 radical (unpaired) electrons. The summed E-state index contributed by atoms with van der Waals surface area (Å²) in [7, 11) is -1.65. The van der Waals surface area contributed by atoms with Crippen molar-refractivity contribution in [1.29, 1.82) is 0 Å². The number of hydrogen-bond acceptors (Lipinski definition) is 5. The van der Waals surface area contributed by atoms with Crippen molar-refractivity contribution in [2.24, 2.45) is 0 Å². The number of rotatable bonds is 4. The van der Waals surface area contributed by atoms with Crippen molar-refractivity contribution in [2.75, 3.05) is 31.7 Å². The van der Waals surface area contributed by atoms with Crippen LogP contribution in [0.1, 0.15) is 17.3 Å². The predicted molar refractivity (Wildman–Crippen MR) is 77.0 cm³/mol. The van der Waals surface area contributed by atoms with Crippen LogP contribution in [0.5, 0.6) is 5.75 Å². The van der Waals surface area contributed by atoms with Gasteiger partial charge < -0.3 is 4.74 Å². The Morgan fingerprint density at radius 3 is 2.76 bits per heavy atom. The molecule has 7 heteroatoms. The molecule has 1 heterocycles. The summed E-state index contributed by atoms with van der Waals surface area (Å²) in [6, 6.07) is 3.85. The van der Waals surface area contributed by atoms with E-state index in [1.54, 1.807) is 6.92 Å². The lowest BCUT2D eigenvalue weighted by molar-refractivity contribution is 0.0908. The summed E-state index contributed by atoms with van der Waals surface area (Å²) in [6.07, 6.45) is 0.